The first-order valence-electron chi connectivity index (χ1n) is 14.7. The minimum absolute atomic E-state index is 0.0260. The number of esters is 1. The SMILES string of the molecule is CCCCCCCCOC(C)c1ccc(OC(=O)c2ccc(-c3ccc(CCCCCC)cc3)cc2)cc1. The minimum atomic E-state index is -0.348. The Morgan fingerprint density at radius 2 is 1.21 bits per heavy atom. The van der Waals surface area contributed by atoms with E-state index in [0.717, 1.165) is 36.1 Å². The molecule has 3 aromatic rings. The lowest BCUT2D eigenvalue weighted by Crippen LogP contribution is -2.08. The van der Waals surface area contributed by atoms with Gasteiger partial charge in [-0.1, -0.05) is 114 Å². The van der Waals surface area contributed by atoms with Crippen molar-refractivity contribution in [3.63, 3.8) is 0 Å². The fourth-order valence-corrected chi connectivity index (χ4v) is 4.63. The van der Waals surface area contributed by atoms with Gasteiger partial charge in [0, 0.05) is 6.61 Å². The Hall–Kier alpha value is -2.91. The maximum Gasteiger partial charge on any atom is 0.343 e. The lowest BCUT2D eigenvalue weighted by atomic mass is 10.0. The number of hydrogen-bond acceptors (Lipinski definition) is 3. The van der Waals surface area contributed by atoms with Gasteiger partial charge >= 0.3 is 5.97 Å². The number of benzene rings is 3. The van der Waals surface area contributed by atoms with Crippen LogP contribution in [-0.2, 0) is 11.2 Å². The van der Waals surface area contributed by atoms with Crippen molar-refractivity contribution in [1.82, 2.24) is 0 Å². The standard InChI is InChI=1S/C35H46O3/c1-4-6-8-10-11-13-27-37-28(3)30-23-25-34(26-24-30)38-35(36)33-21-19-32(20-22-33)31-17-15-29(16-18-31)14-12-9-7-5-2/h15-26,28H,4-14,27H2,1-3H3. The van der Waals surface area contributed by atoms with Gasteiger partial charge in [0.05, 0.1) is 11.7 Å². The summed E-state index contributed by atoms with van der Waals surface area (Å²) in [4.78, 5) is 12.7. The third kappa shape index (κ3) is 10.1. The lowest BCUT2D eigenvalue weighted by molar-refractivity contribution is 0.0627. The number of unbranched alkanes of at least 4 members (excludes halogenated alkanes) is 8. The Balaban J connectivity index is 1.45. The predicted octanol–water partition coefficient (Wildman–Crippen LogP) is 10.1. The van der Waals surface area contributed by atoms with Gasteiger partial charge in [-0.25, -0.2) is 4.79 Å². The molecule has 0 aliphatic carbocycles. The number of rotatable bonds is 17. The zero-order chi connectivity index (χ0) is 27.0. The van der Waals surface area contributed by atoms with Crippen LogP contribution in [-0.4, -0.2) is 12.6 Å². The van der Waals surface area contributed by atoms with Crippen LogP contribution in [0, 0.1) is 0 Å². The smallest absolute Gasteiger partial charge is 0.343 e. The first kappa shape index (κ1) is 29.6. The van der Waals surface area contributed by atoms with Gasteiger partial charge in [-0.15, -0.1) is 0 Å². The molecule has 0 aromatic heterocycles. The quantitative estimate of drug-likeness (QED) is 0.102. The van der Waals surface area contributed by atoms with Gasteiger partial charge in [0.25, 0.3) is 0 Å². The Bertz CT molecular complexity index is 1050. The molecule has 3 heteroatoms. The first-order chi connectivity index (χ1) is 18.6. The third-order valence-corrected chi connectivity index (χ3v) is 7.15. The summed E-state index contributed by atoms with van der Waals surface area (Å²) in [5, 5.41) is 0. The van der Waals surface area contributed by atoms with Crippen LogP contribution in [0.15, 0.2) is 72.8 Å². The van der Waals surface area contributed by atoms with Crippen molar-refractivity contribution in [1.29, 1.82) is 0 Å². The van der Waals surface area contributed by atoms with Crippen LogP contribution < -0.4 is 4.74 Å². The molecule has 0 spiro atoms. The zero-order valence-electron chi connectivity index (χ0n) is 23.7. The Kier molecular flexibility index (Phi) is 13.1. The highest BCUT2D eigenvalue weighted by atomic mass is 16.5. The average Bonchev–Trinajstić information content (AvgIpc) is 2.95. The molecule has 0 amide bonds. The molecule has 3 nitrogen and oxygen atoms in total. The number of hydrogen-bond donors (Lipinski definition) is 0. The summed E-state index contributed by atoms with van der Waals surface area (Å²) in [6.07, 6.45) is 13.8. The van der Waals surface area contributed by atoms with Gasteiger partial charge in [0.15, 0.2) is 0 Å². The van der Waals surface area contributed by atoms with Crippen LogP contribution in [0.5, 0.6) is 5.75 Å². The molecule has 0 saturated carbocycles. The predicted molar refractivity (Wildman–Crippen MR) is 159 cm³/mol. The molecule has 0 radical (unpaired) electrons. The molecule has 0 heterocycles. The van der Waals surface area contributed by atoms with Crippen molar-refractivity contribution in [2.24, 2.45) is 0 Å². The second-order valence-electron chi connectivity index (χ2n) is 10.3. The molecule has 3 rings (SSSR count). The summed E-state index contributed by atoms with van der Waals surface area (Å²) in [6.45, 7) is 7.33. The van der Waals surface area contributed by atoms with E-state index in [-0.39, 0.29) is 12.1 Å². The minimum Gasteiger partial charge on any atom is -0.423 e. The molecule has 204 valence electrons. The molecule has 0 aliphatic heterocycles. The van der Waals surface area contributed by atoms with Crippen molar-refractivity contribution < 1.29 is 14.3 Å². The van der Waals surface area contributed by atoms with Gasteiger partial charge in [0.1, 0.15) is 5.75 Å². The van der Waals surface area contributed by atoms with Crippen LogP contribution in [0.1, 0.15) is 113 Å². The van der Waals surface area contributed by atoms with E-state index in [1.807, 2.05) is 48.5 Å². The molecule has 1 unspecified atom stereocenters. The Morgan fingerprint density at radius 1 is 0.658 bits per heavy atom. The number of aryl methyl sites for hydroxylation is 1. The van der Waals surface area contributed by atoms with E-state index < -0.39 is 0 Å². The van der Waals surface area contributed by atoms with E-state index in [4.69, 9.17) is 9.47 Å². The van der Waals surface area contributed by atoms with Crippen molar-refractivity contribution in [2.75, 3.05) is 6.61 Å². The van der Waals surface area contributed by atoms with Crippen LogP contribution in [0.25, 0.3) is 11.1 Å². The van der Waals surface area contributed by atoms with E-state index in [9.17, 15) is 4.79 Å². The summed E-state index contributed by atoms with van der Waals surface area (Å²) in [5.41, 5.74) is 5.27. The Labute approximate surface area is 230 Å². The zero-order valence-corrected chi connectivity index (χ0v) is 23.7. The van der Waals surface area contributed by atoms with Crippen LogP contribution in [0.2, 0.25) is 0 Å². The largest absolute Gasteiger partial charge is 0.423 e. The van der Waals surface area contributed by atoms with Crippen molar-refractivity contribution in [3.8, 4) is 16.9 Å². The molecular weight excluding hydrogens is 468 g/mol. The fraction of sp³-hybridized carbons (Fsp3) is 0.457. The summed E-state index contributed by atoms with van der Waals surface area (Å²) in [7, 11) is 0. The van der Waals surface area contributed by atoms with Gasteiger partial charge in [-0.3, -0.25) is 0 Å². The van der Waals surface area contributed by atoms with E-state index in [1.165, 1.54) is 63.4 Å². The molecule has 0 N–H and O–H groups in total. The van der Waals surface area contributed by atoms with Crippen LogP contribution in [0.3, 0.4) is 0 Å². The highest BCUT2D eigenvalue weighted by Gasteiger charge is 2.11. The molecule has 3 aromatic carbocycles. The van der Waals surface area contributed by atoms with Gasteiger partial charge < -0.3 is 9.47 Å². The summed E-state index contributed by atoms with van der Waals surface area (Å²) in [6, 6.07) is 24.1. The van der Waals surface area contributed by atoms with Gasteiger partial charge in [-0.05, 0) is 72.7 Å². The highest BCUT2D eigenvalue weighted by molar-refractivity contribution is 5.91. The summed E-state index contributed by atoms with van der Waals surface area (Å²) in [5.74, 6) is 0.194. The second kappa shape index (κ2) is 16.8. The van der Waals surface area contributed by atoms with E-state index in [2.05, 4.69) is 45.0 Å². The maximum absolute atomic E-state index is 12.7. The highest BCUT2D eigenvalue weighted by Crippen LogP contribution is 2.24. The average molecular weight is 515 g/mol. The molecule has 0 saturated heterocycles. The Morgan fingerprint density at radius 3 is 1.84 bits per heavy atom. The topological polar surface area (TPSA) is 35.5 Å². The lowest BCUT2D eigenvalue weighted by Gasteiger charge is -2.14. The molecule has 0 aliphatic rings. The van der Waals surface area contributed by atoms with E-state index >= 15 is 0 Å². The molecule has 1 atom stereocenters. The van der Waals surface area contributed by atoms with Crippen molar-refractivity contribution in [2.45, 2.75) is 97.5 Å². The maximum atomic E-state index is 12.7. The monoisotopic (exact) mass is 514 g/mol. The number of carbonyl (C=O) groups excluding carboxylic acids is 1. The van der Waals surface area contributed by atoms with Crippen LogP contribution in [0.4, 0.5) is 0 Å². The first-order valence-corrected chi connectivity index (χ1v) is 14.7. The van der Waals surface area contributed by atoms with Crippen molar-refractivity contribution >= 4 is 5.97 Å². The molecule has 0 fully saturated rings. The summed E-state index contributed by atoms with van der Waals surface area (Å²) < 4.78 is 11.6. The van der Waals surface area contributed by atoms with E-state index in [0.29, 0.717) is 11.3 Å². The molecule has 38 heavy (non-hydrogen) atoms. The van der Waals surface area contributed by atoms with Gasteiger partial charge in [-0.2, -0.15) is 0 Å². The van der Waals surface area contributed by atoms with Crippen molar-refractivity contribution in [3.05, 3.63) is 89.5 Å². The number of carbonyl (C=O) groups is 1. The molecular formula is C35H46O3. The summed E-state index contributed by atoms with van der Waals surface area (Å²) >= 11 is 0. The van der Waals surface area contributed by atoms with E-state index in [1.54, 1.807) is 0 Å². The fourth-order valence-electron chi connectivity index (χ4n) is 4.63. The second-order valence-corrected chi connectivity index (χ2v) is 10.3. The molecule has 0 bridgehead atoms. The van der Waals surface area contributed by atoms with Crippen LogP contribution >= 0.6 is 0 Å². The normalized spacial score (nSPS) is 11.9. The third-order valence-electron chi connectivity index (χ3n) is 7.15. The number of ether oxygens (including phenoxy) is 2. The van der Waals surface area contributed by atoms with Gasteiger partial charge in [0.2, 0.25) is 0 Å².